The van der Waals surface area contributed by atoms with E-state index in [1.165, 1.54) is 0 Å². The Kier molecular flexibility index (Phi) is 2.29. The minimum Gasteiger partial charge on any atom is -0.409 e. The maximum Gasteiger partial charge on any atom is 0.143 e. The highest BCUT2D eigenvalue weighted by atomic mass is 16.4. The Labute approximate surface area is 86.8 Å². The fraction of sp³-hybridized carbons (Fsp3) is 0.200. The molecule has 0 aliphatic rings. The topological polar surface area (TPSA) is 75.9 Å². The van der Waals surface area contributed by atoms with Crippen molar-refractivity contribution in [1.82, 2.24) is 9.61 Å². The zero-order chi connectivity index (χ0) is 10.8. The predicted molar refractivity (Wildman–Crippen MR) is 57.0 cm³/mol. The summed E-state index contributed by atoms with van der Waals surface area (Å²) < 4.78 is 1.79. The van der Waals surface area contributed by atoms with Crippen LogP contribution in [-0.2, 0) is 6.42 Å². The molecule has 0 atom stereocenters. The van der Waals surface area contributed by atoms with Crippen molar-refractivity contribution >= 4 is 11.4 Å². The van der Waals surface area contributed by atoms with Crippen LogP contribution in [0.25, 0.3) is 5.52 Å². The van der Waals surface area contributed by atoms with Gasteiger partial charge < -0.3 is 10.9 Å². The molecule has 2 rings (SSSR count). The maximum atomic E-state index is 8.45. The van der Waals surface area contributed by atoms with Gasteiger partial charge in [-0.05, 0) is 24.6 Å². The molecule has 2 aromatic rings. The fourth-order valence-corrected chi connectivity index (χ4v) is 1.51. The van der Waals surface area contributed by atoms with E-state index in [4.69, 9.17) is 10.9 Å². The first-order valence-corrected chi connectivity index (χ1v) is 4.60. The molecule has 0 saturated heterocycles. The summed E-state index contributed by atoms with van der Waals surface area (Å²) in [7, 11) is 0. The van der Waals surface area contributed by atoms with Crippen molar-refractivity contribution in [3.05, 3.63) is 35.7 Å². The lowest BCUT2D eigenvalue weighted by atomic mass is 10.2. The van der Waals surface area contributed by atoms with Gasteiger partial charge in [-0.25, -0.2) is 4.52 Å². The second-order valence-corrected chi connectivity index (χ2v) is 3.46. The number of fused-ring (bicyclic) bond motifs is 1. The molecule has 2 heterocycles. The Morgan fingerprint density at radius 2 is 2.40 bits per heavy atom. The third kappa shape index (κ3) is 1.90. The van der Waals surface area contributed by atoms with Crippen LogP contribution < -0.4 is 5.73 Å². The minimum atomic E-state index is 0.193. The summed E-state index contributed by atoms with van der Waals surface area (Å²) in [4.78, 5) is 0. The van der Waals surface area contributed by atoms with E-state index in [9.17, 15) is 0 Å². The summed E-state index contributed by atoms with van der Waals surface area (Å²) in [5.41, 5.74) is 8.39. The quantitative estimate of drug-likeness (QED) is 0.331. The monoisotopic (exact) mass is 204 g/mol. The van der Waals surface area contributed by atoms with E-state index in [0.717, 1.165) is 16.8 Å². The van der Waals surface area contributed by atoms with Crippen LogP contribution >= 0.6 is 0 Å². The Morgan fingerprint density at radius 1 is 1.60 bits per heavy atom. The first-order valence-electron chi connectivity index (χ1n) is 4.60. The summed E-state index contributed by atoms with van der Waals surface area (Å²) in [6, 6.07) is 5.89. The van der Waals surface area contributed by atoms with Crippen molar-refractivity contribution in [2.45, 2.75) is 13.3 Å². The lowest BCUT2D eigenvalue weighted by Gasteiger charge is -2.00. The molecule has 0 unspecified atom stereocenters. The molecular weight excluding hydrogens is 192 g/mol. The van der Waals surface area contributed by atoms with Crippen molar-refractivity contribution in [1.29, 1.82) is 0 Å². The molecule has 0 aliphatic heterocycles. The summed E-state index contributed by atoms with van der Waals surface area (Å²) in [5.74, 6) is 0.193. The van der Waals surface area contributed by atoms with Gasteiger partial charge in [0.05, 0.1) is 11.2 Å². The maximum absolute atomic E-state index is 8.45. The summed E-state index contributed by atoms with van der Waals surface area (Å²) in [5, 5.41) is 15.7. The van der Waals surface area contributed by atoms with Gasteiger partial charge >= 0.3 is 0 Å². The van der Waals surface area contributed by atoms with Gasteiger partial charge in [0.15, 0.2) is 0 Å². The number of nitrogens with two attached hydrogens (primary N) is 1. The highest BCUT2D eigenvalue weighted by molar-refractivity contribution is 5.82. The van der Waals surface area contributed by atoms with Crippen molar-refractivity contribution in [3.63, 3.8) is 0 Å². The van der Waals surface area contributed by atoms with Gasteiger partial charge in [-0.1, -0.05) is 11.2 Å². The van der Waals surface area contributed by atoms with E-state index in [0.29, 0.717) is 6.42 Å². The molecule has 0 bridgehead atoms. The zero-order valence-corrected chi connectivity index (χ0v) is 8.38. The second kappa shape index (κ2) is 3.61. The van der Waals surface area contributed by atoms with Crippen LogP contribution in [0.5, 0.6) is 0 Å². The highest BCUT2D eigenvalue weighted by Gasteiger charge is 2.01. The molecule has 15 heavy (non-hydrogen) atoms. The SMILES string of the molecule is Cc1cc2ccc(C/C(N)=N/O)cn2n1. The number of hydrogen-bond acceptors (Lipinski definition) is 3. The minimum absolute atomic E-state index is 0.193. The molecule has 0 spiro atoms. The molecule has 3 N–H and O–H groups in total. The van der Waals surface area contributed by atoms with Crippen LogP contribution in [0.1, 0.15) is 11.3 Å². The molecule has 5 nitrogen and oxygen atoms in total. The third-order valence-corrected chi connectivity index (χ3v) is 2.16. The lowest BCUT2D eigenvalue weighted by molar-refractivity contribution is 0.317. The molecule has 0 amide bonds. The number of amidine groups is 1. The molecule has 78 valence electrons. The lowest BCUT2D eigenvalue weighted by Crippen LogP contribution is -2.14. The Hall–Kier alpha value is -2.04. The summed E-state index contributed by atoms with van der Waals surface area (Å²) in [6.45, 7) is 1.94. The Morgan fingerprint density at radius 3 is 3.13 bits per heavy atom. The van der Waals surface area contributed by atoms with Crippen LogP contribution in [-0.4, -0.2) is 20.7 Å². The molecule has 2 aromatic heterocycles. The van der Waals surface area contributed by atoms with E-state index in [1.54, 1.807) is 4.52 Å². The first kappa shape index (κ1) is 9.51. The molecule has 0 saturated carbocycles. The molecule has 0 aromatic carbocycles. The van der Waals surface area contributed by atoms with Gasteiger partial charge in [0, 0.05) is 12.6 Å². The Bertz CT molecular complexity index is 515. The second-order valence-electron chi connectivity index (χ2n) is 3.46. The Balaban J connectivity index is 2.38. The number of aromatic nitrogens is 2. The molecule has 5 heteroatoms. The number of aryl methyl sites for hydroxylation is 1. The number of rotatable bonds is 2. The number of oxime groups is 1. The van der Waals surface area contributed by atoms with Crippen molar-refractivity contribution in [2.75, 3.05) is 0 Å². The average Bonchev–Trinajstić information content (AvgIpc) is 2.57. The summed E-state index contributed by atoms with van der Waals surface area (Å²) in [6.07, 6.45) is 2.30. The largest absolute Gasteiger partial charge is 0.409 e. The van der Waals surface area contributed by atoms with Crippen molar-refractivity contribution in [2.24, 2.45) is 10.9 Å². The van der Waals surface area contributed by atoms with Crippen molar-refractivity contribution < 1.29 is 5.21 Å². The van der Waals surface area contributed by atoms with Gasteiger partial charge in [0.25, 0.3) is 0 Å². The van der Waals surface area contributed by atoms with E-state index in [2.05, 4.69) is 10.3 Å². The predicted octanol–water partition coefficient (Wildman–Crippen LogP) is 0.932. The summed E-state index contributed by atoms with van der Waals surface area (Å²) >= 11 is 0. The molecular formula is C10H12N4O. The number of pyridine rings is 1. The van der Waals surface area contributed by atoms with Crippen LogP contribution in [0.3, 0.4) is 0 Å². The van der Waals surface area contributed by atoms with Crippen LogP contribution in [0, 0.1) is 6.92 Å². The van der Waals surface area contributed by atoms with E-state index in [1.807, 2.05) is 31.3 Å². The van der Waals surface area contributed by atoms with Gasteiger partial charge in [-0.2, -0.15) is 5.10 Å². The molecule has 0 radical (unpaired) electrons. The van der Waals surface area contributed by atoms with E-state index < -0.39 is 0 Å². The zero-order valence-electron chi connectivity index (χ0n) is 8.38. The standard InChI is InChI=1S/C10H12N4O/c1-7-4-9-3-2-8(5-10(11)13-15)6-14(9)12-7/h2-4,6,15H,5H2,1H3,(H2,11,13). The van der Waals surface area contributed by atoms with E-state index in [-0.39, 0.29) is 5.84 Å². The van der Waals surface area contributed by atoms with Gasteiger partial charge in [0.2, 0.25) is 0 Å². The van der Waals surface area contributed by atoms with Gasteiger partial charge in [-0.15, -0.1) is 0 Å². The van der Waals surface area contributed by atoms with Crippen molar-refractivity contribution in [3.8, 4) is 0 Å². The van der Waals surface area contributed by atoms with Gasteiger partial charge in [0.1, 0.15) is 5.84 Å². The average molecular weight is 204 g/mol. The molecule has 0 aliphatic carbocycles. The number of hydrogen-bond donors (Lipinski definition) is 2. The van der Waals surface area contributed by atoms with Crippen LogP contribution in [0.4, 0.5) is 0 Å². The fourth-order valence-electron chi connectivity index (χ4n) is 1.51. The highest BCUT2D eigenvalue weighted by Crippen LogP contribution is 2.08. The van der Waals surface area contributed by atoms with Crippen LogP contribution in [0.15, 0.2) is 29.6 Å². The smallest absolute Gasteiger partial charge is 0.143 e. The first-order chi connectivity index (χ1) is 7.19. The van der Waals surface area contributed by atoms with E-state index >= 15 is 0 Å². The number of nitrogens with zero attached hydrogens (tertiary/aromatic N) is 3. The third-order valence-electron chi connectivity index (χ3n) is 2.16. The van der Waals surface area contributed by atoms with Crippen LogP contribution in [0.2, 0.25) is 0 Å². The van der Waals surface area contributed by atoms with Gasteiger partial charge in [-0.3, -0.25) is 0 Å². The normalized spacial score (nSPS) is 12.2. The molecule has 0 fully saturated rings.